The van der Waals surface area contributed by atoms with Crippen molar-refractivity contribution >= 4 is 29.9 Å². The first kappa shape index (κ1) is 22.9. The van der Waals surface area contributed by atoms with Gasteiger partial charge < -0.3 is 25.4 Å². The van der Waals surface area contributed by atoms with E-state index in [9.17, 15) is 0 Å². The normalized spacial score (nSPS) is 11.2. The van der Waals surface area contributed by atoms with E-state index in [1.807, 2.05) is 33.2 Å². The number of ether oxygens (including phenoxy) is 2. The zero-order chi connectivity index (χ0) is 16.9. The van der Waals surface area contributed by atoms with Crippen LogP contribution in [0.15, 0.2) is 23.3 Å². The molecule has 24 heavy (non-hydrogen) atoms. The van der Waals surface area contributed by atoms with Crippen molar-refractivity contribution in [3.8, 4) is 5.88 Å². The van der Waals surface area contributed by atoms with E-state index in [1.54, 1.807) is 6.20 Å². The van der Waals surface area contributed by atoms with Crippen LogP contribution in [0.25, 0.3) is 0 Å². The molecule has 0 aliphatic carbocycles. The quantitative estimate of drug-likeness (QED) is 0.230. The number of aliphatic imine (C=N–C) groups is 1. The number of rotatable bonds is 11. The lowest BCUT2D eigenvalue weighted by atomic mass is 10.3. The van der Waals surface area contributed by atoms with Gasteiger partial charge in [0.2, 0.25) is 5.88 Å². The first-order chi connectivity index (χ1) is 11.1. The van der Waals surface area contributed by atoms with E-state index in [-0.39, 0.29) is 24.0 Å². The molecule has 0 aromatic carbocycles. The van der Waals surface area contributed by atoms with Crippen molar-refractivity contribution in [2.24, 2.45) is 10.7 Å². The Hall–Kier alpha value is -1.13. The summed E-state index contributed by atoms with van der Waals surface area (Å²) in [5.74, 6) is 1.05. The number of nitrogens with two attached hydrogens (primary N) is 1. The van der Waals surface area contributed by atoms with E-state index in [0.717, 1.165) is 38.3 Å². The average Bonchev–Trinajstić information content (AvgIpc) is 2.53. The number of aromatic nitrogens is 1. The lowest BCUT2D eigenvalue weighted by Crippen LogP contribution is -2.32. The van der Waals surface area contributed by atoms with Gasteiger partial charge in [-0.2, -0.15) is 0 Å². The molecule has 1 rings (SSSR count). The van der Waals surface area contributed by atoms with E-state index in [0.29, 0.717) is 25.0 Å². The molecule has 0 aliphatic heterocycles. The molecule has 0 unspecified atom stereocenters. The minimum absolute atomic E-state index is 0. The second kappa shape index (κ2) is 14.2. The maximum Gasteiger partial charge on any atom is 0.213 e. The molecule has 8 heteroatoms. The molecule has 0 fully saturated rings. The molecule has 1 aromatic rings. The Bertz CT molecular complexity index is 472. The summed E-state index contributed by atoms with van der Waals surface area (Å²) < 4.78 is 10.9. The Labute approximate surface area is 162 Å². The molecular formula is C16H30IN5O2. The minimum atomic E-state index is 0. The van der Waals surface area contributed by atoms with Gasteiger partial charge in [-0.05, 0) is 39.1 Å². The molecule has 0 radical (unpaired) electrons. The summed E-state index contributed by atoms with van der Waals surface area (Å²) in [5, 5.41) is 3.07. The largest absolute Gasteiger partial charge is 0.476 e. The zero-order valence-electron chi connectivity index (χ0n) is 14.8. The van der Waals surface area contributed by atoms with Crippen LogP contribution >= 0.6 is 24.0 Å². The number of hydrogen-bond acceptors (Lipinski definition) is 5. The van der Waals surface area contributed by atoms with Gasteiger partial charge in [0.25, 0.3) is 0 Å². The van der Waals surface area contributed by atoms with Gasteiger partial charge in [-0.3, -0.25) is 0 Å². The SMILES string of the molecule is CCOCCCNC(N)=NCc1ccnc(OCCN(C)C)c1.I. The Balaban J connectivity index is 0.00000529. The lowest BCUT2D eigenvalue weighted by Gasteiger charge is -2.10. The van der Waals surface area contributed by atoms with Gasteiger partial charge in [0.15, 0.2) is 5.96 Å². The van der Waals surface area contributed by atoms with Gasteiger partial charge in [0, 0.05) is 38.6 Å². The smallest absolute Gasteiger partial charge is 0.213 e. The molecule has 0 spiro atoms. The van der Waals surface area contributed by atoms with Crippen LogP contribution in [0.2, 0.25) is 0 Å². The van der Waals surface area contributed by atoms with Crippen molar-refractivity contribution in [3.63, 3.8) is 0 Å². The lowest BCUT2D eigenvalue weighted by molar-refractivity contribution is 0.145. The minimum Gasteiger partial charge on any atom is -0.476 e. The molecule has 7 nitrogen and oxygen atoms in total. The number of likely N-dealkylation sites (N-methyl/N-ethyl adjacent to an activating group) is 1. The molecule has 1 aromatic heterocycles. The van der Waals surface area contributed by atoms with Crippen LogP contribution in [0.1, 0.15) is 18.9 Å². The summed E-state index contributed by atoms with van der Waals surface area (Å²) in [7, 11) is 4.01. The highest BCUT2D eigenvalue weighted by Crippen LogP contribution is 2.10. The van der Waals surface area contributed by atoms with E-state index < -0.39 is 0 Å². The van der Waals surface area contributed by atoms with Crippen molar-refractivity contribution in [2.45, 2.75) is 19.9 Å². The van der Waals surface area contributed by atoms with E-state index >= 15 is 0 Å². The maximum atomic E-state index is 5.83. The van der Waals surface area contributed by atoms with E-state index in [2.05, 4.69) is 20.2 Å². The predicted molar refractivity (Wildman–Crippen MR) is 108 cm³/mol. The Morgan fingerprint density at radius 3 is 2.88 bits per heavy atom. The van der Waals surface area contributed by atoms with E-state index in [1.165, 1.54) is 0 Å². The third kappa shape index (κ3) is 11.4. The zero-order valence-corrected chi connectivity index (χ0v) is 17.2. The molecule has 0 amide bonds. The second-order valence-electron chi connectivity index (χ2n) is 5.33. The summed E-state index contributed by atoms with van der Waals surface area (Å²) in [6, 6.07) is 3.80. The van der Waals surface area contributed by atoms with Crippen LogP contribution in [-0.2, 0) is 11.3 Å². The van der Waals surface area contributed by atoms with Crippen LogP contribution < -0.4 is 15.8 Å². The fourth-order valence-corrected chi connectivity index (χ4v) is 1.73. The highest BCUT2D eigenvalue weighted by Gasteiger charge is 1.99. The molecule has 0 saturated carbocycles. The van der Waals surface area contributed by atoms with Crippen molar-refractivity contribution in [3.05, 3.63) is 23.9 Å². The van der Waals surface area contributed by atoms with Gasteiger partial charge in [-0.25, -0.2) is 9.98 Å². The average molecular weight is 451 g/mol. The summed E-state index contributed by atoms with van der Waals surface area (Å²) >= 11 is 0. The first-order valence-electron chi connectivity index (χ1n) is 7.95. The molecule has 0 aliphatic rings. The van der Waals surface area contributed by atoms with Crippen LogP contribution in [0.3, 0.4) is 0 Å². The first-order valence-corrected chi connectivity index (χ1v) is 7.95. The van der Waals surface area contributed by atoms with Gasteiger partial charge in [0.05, 0.1) is 6.54 Å². The van der Waals surface area contributed by atoms with Crippen LogP contribution in [0, 0.1) is 0 Å². The molecule has 3 N–H and O–H groups in total. The number of nitrogens with one attached hydrogen (secondary N) is 1. The third-order valence-corrected chi connectivity index (χ3v) is 3.00. The Morgan fingerprint density at radius 1 is 1.38 bits per heavy atom. The highest BCUT2D eigenvalue weighted by atomic mass is 127. The second-order valence-corrected chi connectivity index (χ2v) is 5.33. The molecule has 1 heterocycles. The summed E-state index contributed by atoms with van der Waals surface area (Å²) in [6.07, 6.45) is 2.63. The van der Waals surface area contributed by atoms with Crippen molar-refractivity contribution < 1.29 is 9.47 Å². The summed E-state index contributed by atoms with van der Waals surface area (Å²) in [5.41, 5.74) is 6.85. The molecule has 0 saturated heterocycles. The monoisotopic (exact) mass is 451 g/mol. The predicted octanol–water partition coefficient (Wildman–Crippen LogP) is 1.47. The highest BCUT2D eigenvalue weighted by molar-refractivity contribution is 14.0. The topological polar surface area (TPSA) is 85.0 Å². The van der Waals surface area contributed by atoms with Gasteiger partial charge >= 0.3 is 0 Å². The maximum absolute atomic E-state index is 5.83. The number of guanidine groups is 1. The number of halogens is 1. The molecular weight excluding hydrogens is 421 g/mol. The fraction of sp³-hybridized carbons (Fsp3) is 0.625. The number of nitrogens with zero attached hydrogens (tertiary/aromatic N) is 3. The molecule has 138 valence electrons. The van der Waals surface area contributed by atoms with Crippen LogP contribution in [-0.4, -0.2) is 62.8 Å². The van der Waals surface area contributed by atoms with Gasteiger partial charge in [-0.15, -0.1) is 24.0 Å². The molecule has 0 atom stereocenters. The van der Waals surface area contributed by atoms with Crippen LogP contribution in [0.4, 0.5) is 0 Å². The summed E-state index contributed by atoms with van der Waals surface area (Å²) in [4.78, 5) is 10.6. The van der Waals surface area contributed by atoms with Crippen molar-refractivity contribution in [1.29, 1.82) is 0 Å². The van der Waals surface area contributed by atoms with Gasteiger partial charge in [0.1, 0.15) is 6.61 Å². The number of pyridine rings is 1. The Kier molecular flexibility index (Phi) is 13.6. The van der Waals surface area contributed by atoms with E-state index in [4.69, 9.17) is 15.2 Å². The van der Waals surface area contributed by atoms with Crippen molar-refractivity contribution in [2.75, 3.05) is 47.0 Å². The Morgan fingerprint density at radius 2 is 2.17 bits per heavy atom. The fourth-order valence-electron chi connectivity index (χ4n) is 1.73. The summed E-state index contributed by atoms with van der Waals surface area (Å²) in [6.45, 7) is 6.16. The standard InChI is InChI=1S/C16H29N5O2.HI/c1-4-22-10-5-7-19-16(17)20-13-14-6-8-18-15(12-14)23-11-9-21(2)3;/h6,8,12H,4-5,7,9-11,13H2,1-3H3,(H3,17,19,20);1H. The van der Waals surface area contributed by atoms with Crippen LogP contribution in [0.5, 0.6) is 5.88 Å². The van der Waals surface area contributed by atoms with Gasteiger partial charge in [-0.1, -0.05) is 0 Å². The van der Waals surface area contributed by atoms with Crippen molar-refractivity contribution in [1.82, 2.24) is 15.2 Å². The molecule has 0 bridgehead atoms. The third-order valence-electron chi connectivity index (χ3n) is 3.00. The number of hydrogen-bond donors (Lipinski definition) is 2.